The first-order valence-electron chi connectivity index (χ1n) is 8.18. The summed E-state index contributed by atoms with van der Waals surface area (Å²) in [4.78, 5) is 0. The molecule has 2 heterocycles. The lowest BCUT2D eigenvalue weighted by atomic mass is 9.70. The molecule has 2 saturated heterocycles. The average Bonchev–Trinajstić information content (AvgIpc) is 2.96. The number of aliphatic hydroxyl groups is 1. The van der Waals surface area contributed by atoms with Crippen molar-refractivity contribution >= 4 is 11.8 Å². The smallest absolute Gasteiger partial charge is 0.0926 e. The van der Waals surface area contributed by atoms with Gasteiger partial charge < -0.3 is 9.84 Å². The first kappa shape index (κ1) is 15.4. The van der Waals surface area contributed by atoms with Gasteiger partial charge in [-0.15, -0.1) is 0 Å². The molecule has 0 aliphatic carbocycles. The summed E-state index contributed by atoms with van der Waals surface area (Å²) in [6.07, 6.45) is 4.96. The summed E-state index contributed by atoms with van der Waals surface area (Å²) in [7, 11) is 0. The molecule has 2 nitrogen and oxygen atoms in total. The minimum Gasteiger partial charge on any atom is -0.385 e. The molecule has 1 N–H and O–H groups in total. The van der Waals surface area contributed by atoms with E-state index in [1.54, 1.807) is 0 Å². The topological polar surface area (TPSA) is 29.5 Å². The van der Waals surface area contributed by atoms with Gasteiger partial charge in [0.15, 0.2) is 0 Å². The Bertz CT molecular complexity index is 456. The minimum absolute atomic E-state index is 0.0318. The van der Waals surface area contributed by atoms with Crippen LogP contribution in [0.3, 0.4) is 0 Å². The summed E-state index contributed by atoms with van der Waals surface area (Å²) in [6, 6.07) is 10.3. The summed E-state index contributed by atoms with van der Waals surface area (Å²) in [5.41, 5.74) is 0.420. The Balaban J connectivity index is 1.86. The van der Waals surface area contributed by atoms with Crippen LogP contribution in [0.5, 0.6) is 0 Å². The number of hydrogen-bond acceptors (Lipinski definition) is 3. The van der Waals surface area contributed by atoms with E-state index in [4.69, 9.17) is 4.74 Å². The van der Waals surface area contributed by atoms with E-state index in [0.29, 0.717) is 5.92 Å². The monoisotopic (exact) mass is 306 g/mol. The maximum absolute atomic E-state index is 11.5. The Hall–Kier alpha value is -0.510. The second kappa shape index (κ2) is 6.31. The van der Waals surface area contributed by atoms with Gasteiger partial charge in [-0.1, -0.05) is 43.7 Å². The van der Waals surface area contributed by atoms with E-state index in [-0.39, 0.29) is 5.60 Å². The predicted molar refractivity (Wildman–Crippen MR) is 88.6 cm³/mol. The van der Waals surface area contributed by atoms with Crippen molar-refractivity contribution in [2.45, 2.75) is 50.2 Å². The standard InChI is InChI=1S/C18H26O2S/c1-2-9-18(19,15-6-4-3-5-7-15)16-8-11-20-17(13-16)10-12-21-14-17/h3-7,16,19H,2,8-14H2,1H3. The normalized spacial score (nSPS) is 32.2. The van der Waals surface area contributed by atoms with Crippen molar-refractivity contribution in [2.75, 3.05) is 18.1 Å². The molecule has 1 aromatic carbocycles. The van der Waals surface area contributed by atoms with Gasteiger partial charge in [0.25, 0.3) is 0 Å². The van der Waals surface area contributed by atoms with Gasteiger partial charge in [0.1, 0.15) is 0 Å². The molecule has 116 valence electrons. The molecule has 21 heavy (non-hydrogen) atoms. The summed E-state index contributed by atoms with van der Waals surface area (Å²) in [5.74, 6) is 2.61. The third-order valence-corrected chi connectivity index (χ3v) is 6.36. The number of hydrogen-bond donors (Lipinski definition) is 1. The van der Waals surface area contributed by atoms with E-state index < -0.39 is 5.60 Å². The molecule has 0 bridgehead atoms. The SMILES string of the molecule is CCCC(O)(c1ccccc1)C1CCOC2(CCSC2)C1. The molecule has 3 rings (SSSR count). The van der Waals surface area contributed by atoms with E-state index in [1.165, 1.54) is 5.75 Å². The number of benzene rings is 1. The van der Waals surface area contributed by atoms with Crippen LogP contribution in [0.1, 0.15) is 44.6 Å². The van der Waals surface area contributed by atoms with Crippen molar-refractivity contribution < 1.29 is 9.84 Å². The maximum Gasteiger partial charge on any atom is 0.0926 e. The lowest BCUT2D eigenvalue weighted by molar-refractivity contribution is -0.138. The zero-order valence-corrected chi connectivity index (χ0v) is 13.7. The van der Waals surface area contributed by atoms with Crippen LogP contribution in [0.4, 0.5) is 0 Å². The molecular formula is C18H26O2S. The van der Waals surface area contributed by atoms with Gasteiger partial charge in [0.2, 0.25) is 0 Å². The van der Waals surface area contributed by atoms with Crippen LogP contribution < -0.4 is 0 Å². The van der Waals surface area contributed by atoms with Crippen molar-refractivity contribution in [3.63, 3.8) is 0 Å². The lowest BCUT2D eigenvalue weighted by Crippen LogP contribution is -2.47. The van der Waals surface area contributed by atoms with Crippen LogP contribution in [0, 0.1) is 5.92 Å². The number of ether oxygens (including phenoxy) is 1. The van der Waals surface area contributed by atoms with Gasteiger partial charge in [-0.2, -0.15) is 11.8 Å². The van der Waals surface area contributed by atoms with Gasteiger partial charge in [0.05, 0.1) is 11.2 Å². The van der Waals surface area contributed by atoms with E-state index in [1.807, 2.05) is 30.0 Å². The van der Waals surface area contributed by atoms with Gasteiger partial charge in [-0.05, 0) is 42.9 Å². The summed E-state index contributed by atoms with van der Waals surface area (Å²) < 4.78 is 6.13. The molecule has 1 spiro atoms. The highest BCUT2D eigenvalue weighted by molar-refractivity contribution is 7.99. The van der Waals surface area contributed by atoms with Crippen LogP contribution in [0.25, 0.3) is 0 Å². The highest BCUT2D eigenvalue weighted by Crippen LogP contribution is 2.47. The summed E-state index contributed by atoms with van der Waals surface area (Å²) in [6.45, 7) is 2.96. The Kier molecular flexibility index (Phi) is 4.63. The third kappa shape index (κ3) is 3.01. The predicted octanol–water partition coefficient (Wildman–Crippen LogP) is 3.98. The minimum atomic E-state index is -0.694. The Labute approximate surface area is 132 Å². The summed E-state index contributed by atoms with van der Waals surface area (Å²) >= 11 is 1.99. The van der Waals surface area contributed by atoms with Gasteiger partial charge in [-0.25, -0.2) is 0 Å². The molecule has 1 aromatic rings. The largest absolute Gasteiger partial charge is 0.385 e. The highest BCUT2D eigenvalue weighted by atomic mass is 32.2. The first-order chi connectivity index (χ1) is 10.2. The van der Waals surface area contributed by atoms with Gasteiger partial charge in [-0.3, -0.25) is 0 Å². The molecule has 0 amide bonds. The molecule has 2 aliphatic heterocycles. The van der Waals surface area contributed by atoms with Crippen molar-refractivity contribution in [3.8, 4) is 0 Å². The maximum atomic E-state index is 11.5. The Morgan fingerprint density at radius 3 is 2.86 bits per heavy atom. The molecule has 3 atom stereocenters. The fourth-order valence-corrected chi connectivity index (χ4v) is 5.37. The van der Waals surface area contributed by atoms with Crippen molar-refractivity contribution in [1.82, 2.24) is 0 Å². The average molecular weight is 306 g/mol. The molecular weight excluding hydrogens is 280 g/mol. The quantitative estimate of drug-likeness (QED) is 0.912. The molecule has 2 aliphatic rings. The van der Waals surface area contributed by atoms with Crippen LogP contribution in [0.15, 0.2) is 30.3 Å². The van der Waals surface area contributed by atoms with Crippen LogP contribution in [-0.4, -0.2) is 28.8 Å². The van der Waals surface area contributed by atoms with E-state index in [0.717, 1.165) is 50.0 Å². The van der Waals surface area contributed by atoms with E-state index >= 15 is 0 Å². The second-order valence-corrected chi connectivity index (χ2v) is 7.67. The van der Waals surface area contributed by atoms with Crippen LogP contribution in [-0.2, 0) is 10.3 Å². The summed E-state index contributed by atoms with van der Waals surface area (Å²) in [5, 5.41) is 11.5. The van der Waals surface area contributed by atoms with Gasteiger partial charge >= 0.3 is 0 Å². The Morgan fingerprint density at radius 1 is 1.38 bits per heavy atom. The van der Waals surface area contributed by atoms with Crippen molar-refractivity contribution in [2.24, 2.45) is 5.92 Å². The van der Waals surface area contributed by atoms with E-state index in [2.05, 4.69) is 19.1 Å². The number of rotatable bonds is 4. The number of thioether (sulfide) groups is 1. The Morgan fingerprint density at radius 2 is 2.19 bits per heavy atom. The van der Waals surface area contributed by atoms with Crippen molar-refractivity contribution in [3.05, 3.63) is 35.9 Å². The molecule has 2 fully saturated rings. The lowest BCUT2D eigenvalue weighted by Gasteiger charge is -2.45. The van der Waals surface area contributed by atoms with Gasteiger partial charge in [0, 0.05) is 12.4 Å². The van der Waals surface area contributed by atoms with Crippen molar-refractivity contribution in [1.29, 1.82) is 0 Å². The zero-order chi connectivity index (χ0) is 14.8. The first-order valence-corrected chi connectivity index (χ1v) is 9.34. The van der Waals surface area contributed by atoms with E-state index in [9.17, 15) is 5.11 Å². The molecule has 0 aromatic heterocycles. The zero-order valence-electron chi connectivity index (χ0n) is 12.9. The fraction of sp³-hybridized carbons (Fsp3) is 0.667. The highest BCUT2D eigenvalue weighted by Gasteiger charge is 2.47. The third-order valence-electron chi connectivity index (χ3n) is 5.14. The molecule has 0 radical (unpaired) electrons. The second-order valence-electron chi connectivity index (χ2n) is 6.56. The fourth-order valence-electron chi connectivity index (χ4n) is 3.99. The molecule has 0 saturated carbocycles. The van der Waals surface area contributed by atoms with Crippen LogP contribution in [0.2, 0.25) is 0 Å². The molecule has 3 heteroatoms. The van der Waals surface area contributed by atoms with Crippen LogP contribution >= 0.6 is 11.8 Å². The molecule has 3 unspecified atom stereocenters.